The molecule has 0 amide bonds. The molecule has 1 atom stereocenters. The molecule has 4 heteroatoms. The number of rotatable bonds is 5. The molecule has 0 heterocycles. The molecule has 1 aromatic carbocycles. The summed E-state index contributed by atoms with van der Waals surface area (Å²) < 4.78 is 32.6. The van der Waals surface area contributed by atoms with E-state index in [0.29, 0.717) is 6.10 Å². The van der Waals surface area contributed by atoms with Crippen LogP contribution in [0, 0.1) is 11.6 Å². The molecular weight excluding hydrogens is 236 g/mol. The van der Waals surface area contributed by atoms with Crippen molar-refractivity contribution in [2.75, 3.05) is 6.61 Å². The number of nitrogens with one attached hydrogen (secondary N) is 1. The van der Waals surface area contributed by atoms with Gasteiger partial charge in [0.15, 0.2) is 0 Å². The molecular formula is C14H19F2NO. The molecule has 0 bridgehead atoms. The topological polar surface area (TPSA) is 21.3 Å². The van der Waals surface area contributed by atoms with Gasteiger partial charge in [-0.05, 0) is 38.8 Å². The zero-order valence-corrected chi connectivity index (χ0v) is 10.7. The molecule has 2 rings (SSSR count). The van der Waals surface area contributed by atoms with E-state index in [9.17, 15) is 8.78 Å². The quantitative estimate of drug-likeness (QED) is 0.872. The van der Waals surface area contributed by atoms with Crippen LogP contribution in [0.15, 0.2) is 18.2 Å². The van der Waals surface area contributed by atoms with E-state index in [1.54, 1.807) is 6.92 Å². The van der Waals surface area contributed by atoms with E-state index in [-0.39, 0.29) is 17.6 Å². The Kier molecular flexibility index (Phi) is 4.30. The predicted molar refractivity (Wildman–Crippen MR) is 66.3 cm³/mol. The van der Waals surface area contributed by atoms with E-state index >= 15 is 0 Å². The molecule has 1 N–H and O–H groups in total. The molecule has 0 saturated heterocycles. The smallest absolute Gasteiger partial charge is 0.130 e. The number of hydrogen-bond acceptors (Lipinski definition) is 2. The molecule has 1 aliphatic rings. The average molecular weight is 255 g/mol. The highest BCUT2D eigenvalue weighted by molar-refractivity contribution is 5.23. The Balaban J connectivity index is 1.91. The molecule has 1 aromatic rings. The van der Waals surface area contributed by atoms with Crippen molar-refractivity contribution >= 4 is 0 Å². The van der Waals surface area contributed by atoms with E-state index < -0.39 is 11.6 Å². The van der Waals surface area contributed by atoms with Crippen molar-refractivity contribution in [3.8, 4) is 0 Å². The summed E-state index contributed by atoms with van der Waals surface area (Å²) in [7, 11) is 0. The van der Waals surface area contributed by atoms with Crippen molar-refractivity contribution in [3.05, 3.63) is 35.4 Å². The van der Waals surface area contributed by atoms with Gasteiger partial charge in [-0.3, -0.25) is 0 Å². The summed E-state index contributed by atoms with van der Waals surface area (Å²) in [6.45, 7) is 4.47. The summed E-state index contributed by atoms with van der Waals surface area (Å²) in [6.07, 6.45) is 2.12. The second kappa shape index (κ2) is 5.76. The van der Waals surface area contributed by atoms with Crippen molar-refractivity contribution in [1.82, 2.24) is 5.32 Å². The van der Waals surface area contributed by atoms with Gasteiger partial charge in [0.2, 0.25) is 0 Å². The molecule has 1 aliphatic carbocycles. The van der Waals surface area contributed by atoms with Gasteiger partial charge in [-0.15, -0.1) is 0 Å². The van der Waals surface area contributed by atoms with Crippen LogP contribution in [0.5, 0.6) is 0 Å². The summed E-state index contributed by atoms with van der Waals surface area (Å²) in [5, 5.41) is 3.24. The highest BCUT2D eigenvalue weighted by atomic mass is 19.1. The Labute approximate surface area is 106 Å². The third-order valence-electron chi connectivity index (χ3n) is 3.42. The number of ether oxygens (including phenoxy) is 1. The van der Waals surface area contributed by atoms with E-state index in [2.05, 4.69) is 5.32 Å². The Bertz CT molecular complexity index is 385. The summed E-state index contributed by atoms with van der Waals surface area (Å²) in [4.78, 5) is 0. The fraction of sp³-hybridized carbons (Fsp3) is 0.571. The van der Waals surface area contributed by atoms with E-state index in [0.717, 1.165) is 19.4 Å². The Hall–Kier alpha value is -1.00. The summed E-state index contributed by atoms with van der Waals surface area (Å²) in [5.74, 6) is -0.980. The molecule has 100 valence electrons. The standard InChI is InChI=1S/C14H19F2NO/c1-3-18-11-7-10(8-11)17-9(2)14-12(15)5-4-6-13(14)16/h4-6,9-11,17H,3,7-8H2,1-2H3. The molecule has 1 saturated carbocycles. The first-order valence-electron chi connectivity index (χ1n) is 6.43. The van der Waals surface area contributed by atoms with Gasteiger partial charge in [0, 0.05) is 24.3 Å². The van der Waals surface area contributed by atoms with Gasteiger partial charge in [0.1, 0.15) is 11.6 Å². The van der Waals surface area contributed by atoms with Crippen LogP contribution in [0.2, 0.25) is 0 Å². The van der Waals surface area contributed by atoms with Gasteiger partial charge in [0.05, 0.1) is 6.10 Å². The first-order chi connectivity index (χ1) is 8.61. The highest BCUT2D eigenvalue weighted by Crippen LogP contribution is 2.27. The fourth-order valence-electron chi connectivity index (χ4n) is 2.43. The second-order valence-electron chi connectivity index (χ2n) is 4.77. The van der Waals surface area contributed by atoms with Crippen LogP contribution < -0.4 is 5.32 Å². The lowest BCUT2D eigenvalue weighted by Crippen LogP contribution is -2.46. The minimum atomic E-state index is -0.490. The molecule has 1 fully saturated rings. The lowest BCUT2D eigenvalue weighted by atomic mass is 9.88. The van der Waals surface area contributed by atoms with Crippen LogP contribution in [0.3, 0.4) is 0 Å². The molecule has 18 heavy (non-hydrogen) atoms. The molecule has 0 aromatic heterocycles. The van der Waals surface area contributed by atoms with Crippen molar-refractivity contribution in [1.29, 1.82) is 0 Å². The van der Waals surface area contributed by atoms with Gasteiger partial charge < -0.3 is 10.1 Å². The fourth-order valence-corrected chi connectivity index (χ4v) is 2.43. The average Bonchev–Trinajstić information content (AvgIpc) is 2.26. The molecule has 1 unspecified atom stereocenters. The van der Waals surface area contributed by atoms with Crippen LogP contribution in [0.1, 0.15) is 38.3 Å². The Morgan fingerprint density at radius 1 is 1.33 bits per heavy atom. The second-order valence-corrected chi connectivity index (χ2v) is 4.77. The van der Waals surface area contributed by atoms with Gasteiger partial charge >= 0.3 is 0 Å². The molecule has 0 radical (unpaired) electrons. The summed E-state index contributed by atoms with van der Waals surface area (Å²) >= 11 is 0. The van der Waals surface area contributed by atoms with Crippen molar-refractivity contribution in [3.63, 3.8) is 0 Å². The first kappa shape index (κ1) is 13.4. The lowest BCUT2D eigenvalue weighted by Gasteiger charge is -2.37. The third-order valence-corrected chi connectivity index (χ3v) is 3.42. The Morgan fingerprint density at radius 2 is 1.94 bits per heavy atom. The van der Waals surface area contributed by atoms with Gasteiger partial charge in [-0.1, -0.05) is 6.07 Å². The maximum Gasteiger partial charge on any atom is 0.130 e. The maximum atomic E-state index is 13.6. The summed E-state index contributed by atoms with van der Waals surface area (Å²) in [5.41, 5.74) is 0.123. The van der Waals surface area contributed by atoms with Gasteiger partial charge in [-0.2, -0.15) is 0 Å². The minimum Gasteiger partial charge on any atom is -0.378 e. The zero-order valence-electron chi connectivity index (χ0n) is 10.7. The van der Waals surface area contributed by atoms with Crippen molar-refractivity contribution in [2.24, 2.45) is 0 Å². The molecule has 2 nitrogen and oxygen atoms in total. The van der Waals surface area contributed by atoms with Crippen LogP contribution in [-0.4, -0.2) is 18.8 Å². The van der Waals surface area contributed by atoms with Crippen molar-refractivity contribution < 1.29 is 13.5 Å². The number of hydrogen-bond donors (Lipinski definition) is 1. The molecule has 0 aliphatic heterocycles. The highest BCUT2D eigenvalue weighted by Gasteiger charge is 2.31. The Morgan fingerprint density at radius 3 is 2.50 bits per heavy atom. The largest absolute Gasteiger partial charge is 0.378 e. The van der Waals surface area contributed by atoms with Crippen LogP contribution in [0.4, 0.5) is 8.78 Å². The van der Waals surface area contributed by atoms with E-state index in [4.69, 9.17) is 4.74 Å². The SMILES string of the molecule is CCOC1CC(NC(C)c2c(F)cccc2F)C1. The number of halogens is 2. The number of benzene rings is 1. The minimum absolute atomic E-state index is 0.123. The molecule has 0 spiro atoms. The lowest BCUT2D eigenvalue weighted by molar-refractivity contribution is -0.0121. The normalized spacial score (nSPS) is 24.7. The van der Waals surface area contributed by atoms with Crippen LogP contribution in [-0.2, 0) is 4.74 Å². The van der Waals surface area contributed by atoms with Crippen molar-refractivity contribution in [2.45, 2.75) is 44.9 Å². The van der Waals surface area contributed by atoms with Crippen LogP contribution >= 0.6 is 0 Å². The van der Waals surface area contributed by atoms with E-state index in [1.807, 2.05) is 6.92 Å². The zero-order chi connectivity index (χ0) is 13.1. The predicted octanol–water partition coefficient (Wildman–Crippen LogP) is 3.18. The van der Waals surface area contributed by atoms with E-state index in [1.165, 1.54) is 18.2 Å². The maximum absolute atomic E-state index is 13.6. The summed E-state index contributed by atoms with van der Waals surface area (Å²) in [6, 6.07) is 3.94. The van der Waals surface area contributed by atoms with Gasteiger partial charge in [0.25, 0.3) is 0 Å². The monoisotopic (exact) mass is 255 g/mol. The van der Waals surface area contributed by atoms with Gasteiger partial charge in [-0.25, -0.2) is 8.78 Å². The first-order valence-corrected chi connectivity index (χ1v) is 6.43. The van der Waals surface area contributed by atoms with Crippen LogP contribution in [0.25, 0.3) is 0 Å². The third kappa shape index (κ3) is 2.87.